The summed E-state index contributed by atoms with van der Waals surface area (Å²) < 4.78 is 16.2. The topological polar surface area (TPSA) is 118 Å². The zero-order chi connectivity index (χ0) is 13.7. The van der Waals surface area contributed by atoms with Crippen molar-refractivity contribution in [1.82, 2.24) is 5.32 Å². The largest absolute Gasteiger partial charge is 0.378 e. The Morgan fingerprint density at radius 3 is 1.72 bits per heavy atom. The Balaban J connectivity index is 3.95. The quantitative estimate of drug-likeness (QED) is 0.281. The highest BCUT2D eigenvalue weighted by Gasteiger charge is 2.26. The van der Waals surface area contributed by atoms with Gasteiger partial charge in [0.05, 0.1) is 45.2 Å². The first-order chi connectivity index (χ1) is 8.68. The molecule has 0 aromatic carbocycles. The van der Waals surface area contributed by atoms with Gasteiger partial charge in [0.2, 0.25) is 0 Å². The van der Waals surface area contributed by atoms with Gasteiger partial charge in [-0.25, -0.2) is 0 Å². The smallest absolute Gasteiger partial charge is 0.0865 e. The van der Waals surface area contributed by atoms with E-state index in [4.69, 9.17) is 31.4 Å². The third kappa shape index (κ3) is 9.72. The number of likely N-dealkylation sites (N-methyl/N-ethyl adjacent to an activating group) is 1. The van der Waals surface area contributed by atoms with E-state index in [1.165, 1.54) is 0 Å². The van der Waals surface area contributed by atoms with Crippen LogP contribution in [0.3, 0.4) is 0 Å². The number of rotatable bonds is 13. The van der Waals surface area contributed by atoms with Crippen molar-refractivity contribution in [3.8, 4) is 0 Å². The van der Waals surface area contributed by atoms with Gasteiger partial charge in [-0.15, -0.1) is 0 Å². The van der Waals surface area contributed by atoms with Gasteiger partial charge in [0, 0.05) is 19.6 Å². The molecule has 7 heteroatoms. The summed E-state index contributed by atoms with van der Waals surface area (Å²) in [5.74, 6) is 0. The molecule has 0 spiro atoms. The summed E-state index contributed by atoms with van der Waals surface area (Å²) >= 11 is 0. The van der Waals surface area contributed by atoms with E-state index < -0.39 is 5.54 Å². The van der Waals surface area contributed by atoms with Crippen molar-refractivity contribution in [1.29, 1.82) is 0 Å². The molecule has 18 heavy (non-hydrogen) atoms. The highest BCUT2D eigenvalue weighted by atomic mass is 16.5. The van der Waals surface area contributed by atoms with Crippen LogP contribution in [0.1, 0.15) is 0 Å². The van der Waals surface area contributed by atoms with Gasteiger partial charge in [-0.1, -0.05) is 0 Å². The fraction of sp³-hybridized carbons (Fsp3) is 1.00. The Hall–Kier alpha value is -0.280. The van der Waals surface area contributed by atoms with Gasteiger partial charge in [-0.2, -0.15) is 0 Å². The molecular formula is C11H28N4O3. The van der Waals surface area contributed by atoms with Crippen LogP contribution < -0.4 is 22.5 Å². The number of ether oxygens (including phenoxy) is 3. The second-order valence-corrected chi connectivity index (χ2v) is 4.20. The standard InChI is InChI=1S/C11H28N4O3/c1-15-4-7-18-10-11(14,8-16-5-2-12)9-17-6-3-13/h15H,2-10,12-14H2,1H3. The van der Waals surface area contributed by atoms with Crippen molar-refractivity contribution in [2.75, 3.05) is 66.3 Å². The third-order valence-corrected chi connectivity index (χ3v) is 2.19. The van der Waals surface area contributed by atoms with Crippen LogP contribution in [0.4, 0.5) is 0 Å². The second kappa shape index (κ2) is 11.8. The van der Waals surface area contributed by atoms with Crippen LogP contribution in [-0.2, 0) is 14.2 Å². The molecule has 0 saturated heterocycles. The van der Waals surface area contributed by atoms with E-state index in [2.05, 4.69) is 5.32 Å². The maximum absolute atomic E-state index is 6.18. The van der Waals surface area contributed by atoms with Crippen LogP contribution in [-0.4, -0.2) is 71.9 Å². The maximum Gasteiger partial charge on any atom is 0.0865 e. The Morgan fingerprint density at radius 2 is 1.33 bits per heavy atom. The van der Waals surface area contributed by atoms with E-state index in [1.54, 1.807) is 0 Å². The monoisotopic (exact) mass is 264 g/mol. The number of nitrogens with two attached hydrogens (primary N) is 3. The molecule has 7 N–H and O–H groups in total. The first-order valence-corrected chi connectivity index (χ1v) is 6.25. The average molecular weight is 264 g/mol. The van der Waals surface area contributed by atoms with E-state index >= 15 is 0 Å². The Bertz CT molecular complexity index is 174. The Kier molecular flexibility index (Phi) is 11.6. The molecule has 0 aromatic rings. The van der Waals surface area contributed by atoms with Crippen LogP contribution in [0.15, 0.2) is 0 Å². The predicted molar refractivity (Wildman–Crippen MR) is 71.4 cm³/mol. The lowest BCUT2D eigenvalue weighted by Crippen LogP contribution is -2.53. The van der Waals surface area contributed by atoms with Crippen LogP contribution >= 0.6 is 0 Å². The van der Waals surface area contributed by atoms with Gasteiger partial charge in [-0.05, 0) is 7.05 Å². The minimum Gasteiger partial charge on any atom is -0.378 e. The van der Waals surface area contributed by atoms with Gasteiger partial charge in [0.1, 0.15) is 0 Å². The molecule has 0 aliphatic heterocycles. The molecule has 0 saturated carbocycles. The van der Waals surface area contributed by atoms with E-state index in [0.29, 0.717) is 52.7 Å². The fourth-order valence-corrected chi connectivity index (χ4v) is 1.29. The van der Waals surface area contributed by atoms with Gasteiger partial charge < -0.3 is 36.7 Å². The van der Waals surface area contributed by atoms with Crippen LogP contribution in [0.2, 0.25) is 0 Å². The van der Waals surface area contributed by atoms with Crippen molar-refractivity contribution >= 4 is 0 Å². The van der Waals surface area contributed by atoms with Gasteiger partial charge in [-0.3, -0.25) is 0 Å². The fourth-order valence-electron chi connectivity index (χ4n) is 1.29. The molecule has 0 bridgehead atoms. The third-order valence-electron chi connectivity index (χ3n) is 2.19. The molecular weight excluding hydrogens is 236 g/mol. The lowest BCUT2D eigenvalue weighted by molar-refractivity contribution is -0.0192. The molecule has 0 aromatic heterocycles. The summed E-state index contributed by atoms with van der Waals surface area (Å²) in [6.07, 6.45) is 0. The minimum atomic E-state index is -0.655. The summed E-state index contributed by atoms with van der Waals surface area (Å²) in [6, 6.07) is 0. The second-order valence-electron chi connectivity index (χ2n) is 4.20. The molecule has 0 unspecified atom stereocenters. The lowest BCUT2D eigenvalue weighted by atomic mass is 10.1. The van der Waals surface area contributed by atoms with Gasteiger partial charge >= 0.3 is 0 Å². The van der Waals surface area contributed by atoms with Crippen molar-refractivity contribution in [3.05, 3.63) is 0 Å². The summed E-state index contributed by atoms with van der Waals surface area (Å²) in [5, 5.41) is 3.00. The van der Waals surface area contributed by atoms with Crippen molar-refractivity contribution < 1.29 is 14.2 Å². The van der Waals surface area contributed by atoms with Gasteiger partial charge in [0.25, 0.3) is 0 Å². The maximum atomic E-state index is 6.18. The van der Waals surface area contributed by atoms with E-state index in [1.807, 2.05) is 7.05 Å². The highest BCUT2D eigenvalue weighted by molar-refractivity contribution is 4.84. The average Bonchev–Trinajstić information content (AvgIpc) is 2.36. The molecule has 0 rings (SSSR count). The van der Waals surface area contributed by atoms with Crippen LogP contribution in [0.5, 0.6) is 0 Å². The van der Waals surface area contributed by atoms with Gasteiger partial charge in [0.15, 0.2) is 0 Å². The molecule has 0 radical (unpaired) electrons. The van der Waals surface area contributed by atoms with Crippen molar-refractivity contribution in [3.63, 3.8) is 0 Å². The zero-order valence-electron chi connectivity index (χ0n) is 11.3. The number of nitrogens with one attached hydrogen (secondary N) is 1. The molecule has 0 aliphatic rings. The summed E-state index contributed by atoms with van der Waals surface area (Å²) in [5.41, 5.74) is 16.3. The molecule has 7 nitrogen and oxygen atoms in total. The first kappa shape index (κ1) is 17.7. The molecule has 110 valence electrons. The molecule has 0 aliphatic carbocycles. The summed E-state index contributed by atoms with van der Waals surface area (Å²) in [6.45, 7) is 4.37. The molecule has 0 atom stereocenters. The molecule has 0 heterocycles. The van der Waals surface area contributed by atoms with E-state index in [-0.39, 0.29) is 0 Å². The lowest BCUT2D eigenvalue weighted by Gasteiger charge is -2.28. The van der Waals surface area contributed by atoms with Crippen molar-refractivity contribution in [2.45, 2.75) is 5.54 Å². The number of hydrogen-bond acceptors (Lipinski definition) is 7. The van der Waals surface area contributed by atoms with Crippen LogP contribution in [0.25, 0.3) is 0 Å². The van der Waals surface area contributed by atoms with Crippen LogP contribution in [0, 0.1) is 0 Å². The Morgan fingerprint density at radius 1 is 0.889 bits per heavy atom. The zero-order valence-corrected chi connectivity index (χ0v) is 11.3. The number of hydrogen-bond donors (Lipinski definition) is 4. The summed E-state index contributed by atoms with van der Waals surface area (Å²) in [4.78, 5) is 0. The van der Waals surface area contributed by atoms with E-state index in [9.17, 15) is 0 Å². The molecule has 0 fully saturated rings. The predicted octanol–water partition coefficient (Wildman–Crippen LogP) is -2.13. The normalized spacial score (nSPS) is 12.0. The summed E-state index contributed by atoms with van der Waals surface area (Å²) in [7, 11) is 1.87. The first-order valence-electron chi connectivity index (χ1n) is 6.25. The van der Waals surface area contributed by atoms with Crippen molar-refractivity contribution in [2.24, 2.45) is 17.2 Å². The molecule has 0 amide bonds. The highest BCUT2D eigenvalue weighted by Crippen LogP contribution is 2.04. The van der Waals surface area contributed by atoms with E-state index in [0.717, 1.165) is 6.54 Å². The minimum absolute atomic E-state index is 0.355. The SMILES string of the molecule is CNCCOCC(N)(COCCN)COCCN. The Labute approximate surface area is 109 Å².